The summed E-state index contributed by atoms with van der Waals surface area (Å²) in [6.45, 7) is 0.930. The van der Waals surface area contributed by atoms with Gasteiger partial charge in [-0.3, -0.25) is 4.79 Å². The normalized spacial score (nSPS) is 23.1. The summed E-state index contributed by atoms with van der Waals surface area (Å²) in [5.41, 5.74) is 0.833. The lowest BCUT2D eigenvalue weighted by atomic mass is 9.93. The van der Waals surface area contributed by atoms with Gasteiger partial charge in [-0.15, -0.1) is 0 Å². The fraction of sp³-hybridized carbons (Fsp3) is 0.350. The Kier molecular flexibility index (Phi) is 5.19. The van der Waals surface area contributed by atoms with Crippen molar-refractivity contribution in [3.05, 3.63) is 53.2 Å². The molecular weight excluding hydrogens is 378 g/mol. The molecule has 4 rings (SSSR count). The molecule has 1 aliphatic carbocycles. The van der Waals surface area contributed by atoms with Crippen LogP contribution in [-0.4, -0.2) is 35.0 Å². The standard InChI is InChI=1S/C20H22ClN5O2/c21-14-6-7-17(23-12-14)25-18(27)13-3-1-4-15(11-13)24-19(28)26-20-8-2-5-16(20)22-10-9-20/h1,3-4,6-7,11-12,16,22H,2,5,8-10H2,(H,23,25,27)(H2,24,26,28)/t16-,20+/m1/s1. The van der Waals surface area contributed by atoms with E-state index in [-0.39, 0.29) is 17.5 Å². The van der Waals surface area contributed by atoms with Crippen molar-refractivity contribution in [3.8, 4) is 0 Å². The number of aromatic nitrogens is 1. The number of benzene rings is 1. The molecule has 0 bridgehead atoms. The van der Waals surface area contributed by atoms with Crippen LogP contribution in [0.5, 0.6) is 0 Å². The number of rotatable bonds is 4. The summed E-state index contributed by atoms with van der Waals surface area (Å²) >= 11 is 5.80. The molecule has 1 aromatic carbocycles. The van der Waals surface area contributed by atoms with Crippen molar-refractivity contribution < 1.29 is 9.59 Å². The third-order valence-corrected chi connectivity index (χ3v) is 5.68. The van der Waals surface area contributed by atoms with Gasteiger partial charge in [0.25, 0.3) is 5.91 Å². The zero-order valence-electron chi connectivity index (χ0n) is 15.3. The highest BCUT2D eigenvalue weighted by Gasteiger charge is 2.47. The molecule has 2 heterocycles. The van der Waals surface area contributed by atoms with E-state index in [4.69, 9.17) is 11.6 Å². The third kappa shape index (κ3) is 3.95. The summed E-state index contributed by atoms with van der Waals surface area (Å²) in [7, 11) is 0. The van der Waals surface area contributed by atoms with Crippen molar-refractivity contribution in [1.82, 2.24) is 15.6 Å². The van der Waals surface area contributed by atoms with E-state index >= 15 is 0 Å². The molecule has 3 amide bonds. The second-order valence-corrected chi connectivity index (χ2v) is 7.72. The van der Waals surface area contributed by atoms with E-state index in [0.717, 1.165) is 32.2 Å². The lowest BCUT2D eigenvalue weighted by molar-refractivity contribution is 0.102. The molecule has 0 spiro atoms. The zero-order chi connectivity index (χ0) is 19.6. The summed E-state index contributed by atoms with van der Waals surface area (Å²) in [5, 5.41) is 12.7. The number of carbonyl (C=O) groups is 2. The number of hydrogen-bond donors (Lipinski definition) is 4. The molecule has 146 valence electrons. The maximum Gasteiger partial charge on any atom is 0.319 e. The number of pyridine rings is 1. The van der Waals surface area contributed by atoms with Gasteiger partial charge >= 0.3 is 6.03 Å². The number of nitrogens with one attached hydrogen (secondary N) is 4. The minimum Gasteiger partial charge on any atom is -0.331 e. The van der Waals surface area contributed by atoms with E-state index in [1.54, 1.807) is 36.4 Å². The zero-order valence-corrected chi connectivity index (χ0v) is 16.1. The van der Waals surface area contributed by atoms with Crippen LogP contribution >= 0.6 is 11.6 Å². The summed E-state index contributed by atoms with van der Waals surface area (Å²) in [5.74, 6) is 0.0962. The summed E-state index contributed by atoms with van der Waals surface area (Å²) in [6.07, 6.45) is 5.62. The Morgan fingerprint density at radius 3 is 2.89 bits per heavy atom. The highest BCUT2D eigenvalue weighted by molar-refractivity contribution is 6.30. The largest absolute Gasteiger partial charge is 0.331 e. The van der Waals surface area contributed by atoms with Crippen molar-refractivity contribution in [1.29, 1.82) is 0 Å². The van der Waals surface area contributed by atoms with Crippen LogP contribution in [0.15, 0.2) is 42.6 Å². The van der Waals surface area contributed by atoms with E-state index in [1.807, 2.05) is 0 Å². The first-order chi connectivity index (χ1) is 13.5. The quantitative estimate of drug-likeness (QED) is 0.633. The smallest absolute Gasteiger partial charge is 0.319 e. The number of halogens is 1. The van der Waals surface area contributed by atoms with Crippen LogP contribution in [0.25, 0.3) is 0 Å². The Morgan fingerprint density at radius 2 is 2.07 bits per heavy atom. The summed E-state index contributed by atoms with van der Waals surface area (Å²) in [6, 6.07) is 10.2. The average molecular weight is 400 g/mol. The van der Waals surface area contributed by atoms with Gasteiger partial charge in [-0.05, 0) is 62.6 Å². The maximum absolute atomic E-state index is 12.5. The molecule has 7 nitrogen and oxygen atoms in total. The van der Waals surface area contributed by atoms with Gasteiger partial charge in [0.2, 0.25) is 0 Å². The number of urea groups is 1. The van der Waals surface area contributed by atoms with Crippen molar-refractivity contribution in [2.45, 2.75) is 37.3 Å². The molecule has 4 N–H and O–H groups in total. The molecule has 1 aromatic heterocycles. The van der Waals surface area contributed by atoms with Crippen molar-refractivity contribution in [2.24, 2.45) is 0 Å². The molecule has 28 heavy (non-hydrogen) atoms. The van der Waals surface area contributed by atoms with E-state index < -0.39 is 0 Å². The Bertz CT molecular complexity index is 876. The van der Waals surface area contributed by atoms with Crippen LogP contribution in [0.4, 0.5) is 16.3 Å². The first-order valence-corrected chi connectivity index (χ1v) is 9.77. The summed E-state index contributed by atoms with van der Waals surface area (Å²) in [4.78, 5) is 29.0. The van der Waals surface area contributed by atoms with Gasteiger partial charge < -0.3 is 21.3 Å². The number of nitrogens with zero attached hydrogens (tertiary/aromatic N) is 1. The highest BCUT2D eigenvalue weighted by Crippen LogP contribution is 2.36. The first-order valence-electron chi connectivity index (χ1n) is 9.40. The van der Waals surface area contributed by atoms with Gasteiger partial charge in [-0.25, -0.2) is 9.78 Å². The van der Waals surface area contributed by atoms with Gasteiger partial charge in [-0.1, -0.05) is 17.7 Å². The van der Waals surface area contributed by atoms with Crippen LogP contribution in [0, 0.1) is 0 Å². The second-order valence-electron chi connectivity index (χ2n) is 7.28. The van der Waals surface area contributed by atoms with Crippen molar-refractivity contribution >= 4 is 35.0 Å². The predicted molar refractivity (Wildman–Crippen MR) is 109 cm³/mol. The van der Waals surface area contributed by atoms with E-state index in [1.165, 1.54) is 6.20 Å². The first kappa shape index (κ1) is 18.7. The molecule has 1 aliphatic heterocycles. The van der Waals surface area contributed by atoms with Gasteiger partial charge in [0.1, 0.15) is 5.82 Å². The molecule has 1 saturated heterocycles. The van der Waals surface area contributed by atoms with E-state index in [2.05, 4.69) is 26.3 Å². The topological polar surface area (TPSA) is 95.2 Å². The molecule has 2 atom stereocenters. The molecule has 2 aromatic rings. The number of amides is 3. The molecule has 2 aliphatic rings. The van der Waals surface area contributed by atoms with E-state index in [9.17, 15) is 9.59 Å². The fourth-order valence-corrected chi connectivity index (χ4v) is 4.23. The van der Waals surface area contributed by atoms with Crippen molar-refractivity contribution in [3.63, 3.8) is 0 Å². The van der Waals surface area contributed by atoms with Crippen molar-refractivity contribution in [2.75, 3.05) is 17.2 Å². The van der Waals surface area contributed by atoms with Crippen LogP contribution in [0.2, 0.25) is 5.02 Å². The highest BCUT2D eigenvalue weighted by atomic mass is 35.5. The van der Waals surface area contributed by atoms with Crippen LogP contribution < -0.4 is 21.3 Å². The lowest BCUT2D eigenvalue weighted by Gasteiger charge is -2.30. The SMILES string of the molecule is O=C(Nc1cccc(C(=O)Nc2ccc(Cl)cn2)c1)N[C@]12CCC[C@H]1NCC2. The molecule has 8 heteroatoms. The van der Waals surface area contributed by atoms with Gasteiger partial charge in [0.05, 0.1) is 10.6 Å². The Morgan fingerprint density at radius 1 is 1.18 bits per heavy atom. The van der Waals surface area contributed by atoms with E-state index in [0.29, 0.717) is 28.1 Å². The monoisotopic (exact) mass is 399 g/mol. The summed E-state index contributed by atoms with van der Waals surface area (Å²) < 4.78 is 0. The maximum atomic E-state index is 12.5. The molecule has 0 radical (unpaired) electrons. The molecule has 0 unspecified atom stereocenters. The van der Waals surface area contributed by atoms with Gasteiger partial charge in [-0.2, -0.15) is 0 Å². The van der Waals surface area contributed by atoms with Crippen LogP contribution in [0.3, 0.4) is 0 Å². The minimum atomic E-state index is -0.312. The fourth-order valence-electron chi connectivity index (χ4n) is 4.12. The second kappa shape index (κ2) is 7.77. The number of carbonyl (C=O) groups excluding carboxylic acids is 2. The molecule has 2 fully saturated rings. The Labute approximate surface area is 168 Å². The van der Waals surface area contributed by atoms with Gasteiger partial charge in [0, 0.05) is 23.5 Å². The minimum absolute atomic E-state index is 0.153. The molecular formula is C20H22ClN5O2. The number of anilines is 2. The number of hydrogen-bond acceptors (Lipinski definition) is 4. The predicted octanol–water partition coefficient (Wildman–Crippen LogP) is 3.39. The van der Waals surface area contributed by atoms with Crippen LogP contribution in [-0.2, 0) is 0 Å². The Balaban J connectivity index is 1.40. The third-order valence-electron chi connectivity index (χ3n) is 5.46. The van der Waals surface area contributed by atoms with Gasteiger partial charge in [0.15, 0.2) is 0 Å². The molecule has 1 saturated carbocycles. The number of fused-ring (bicyclic) bond motifs is 1. The lowest BCUT2D eigenvalue weighted by Crippen LogP contribution is -2.54. The van der Waals surface area contributed by atoms with Crippen LogP contribution in [0.1, 0.15) is 36.0 Å². The average Bonchev–Trinajstić information content (AvgIpc) is 3.23. The Hall–Kier alpha value is -2.64.